The molecule has 3 heterocycles. The molecule has 0 bridgehead atoms. The van der Waals surface area contributed by atoms with Crippen molar-refractivity contribution in [3.05, 3.63) is 52.7 Å². The summed E-state index contributed by atoms with van der Waals surface area (Å²) >= 11 is 1.80. The number of benzene rings is 1. The minimum Gasteiger partial charge on any atom is -0.486 e. The third kappa shape index (κ3) is 3.37. The van der Waals surface area contributed by atoms with Crippen LogP contribution in [0.4, 0.5) is 4.39 Å². The molecule has 0 amide bonds. The number of nitrogens with zero attached hydrogens (tertiary/aromatic N) is 4. The Labute approximate surface area is 172 Å². The van der Waals surface area contributed by atoms with Gasteiger partial charge in [0.2, 0.25) is 0 Å². The van der Waals surface area contributed by atoms with Gasteiger partial charge in [-0.05, 0) is 60.4 Å². The highest BCUT2D eigenvalue weighted by Crippen LogP contribution is 2.43. The number of halogens is 1. The number of hydrogen-bond donors (Lipinski definition) is 0. The Hall–Kier alpha value is -2.54. The van der Waals surface area contributed by atoms with Gasteiger partial charge in [-0.1, -0.05) is 20.8 Å². The standard InChI is InChI=1S/C22H23FN4OS/c1-22(2,3)13-4-9-16-17(10-13)29-21-19(16)20-25-18(26-27(20)12-24-21)11-28-15-7-5-14(23)6-8-15/h5-8,12-13H,4,9-11H2,1-3H3. The number of rotatable bonds is 3. The molecule has 4 aromatic rings. The van der Waals surface area contributed by atoms with Crippen LogP contribution >= 0.6 is 11.3 Å². The van der Waals surface area contributed by atoms with Gasteiger partial charge in [0.25, 0.3) is 0 Å². The topological polar surface area (TPSA) is 52.3 Å². The molecule has 0 radical (unpaired) electrons. The second-order valence-corrected chi connectivity index (χ2v) is 9.86. The van der Waals surface area contributed by atoms with Crippen LogP contribution < -0.4 is 4.74 Å². The number of aromatic nitrogens is 4. The molecule has 3 aromatic heterocycles. The number of ether oxygens (including phenoxy) is 1. The fourth-order valence-corrected chi connectivity index (χ4v) is 5.36. The molecule has 1 unspecified atom stereocenters. The van der Waals surface area contributed by atoms with Crippen molar-refractivity contribution in [1.29, 1.82) is 0 Å². The van der Waals surface area contributed by atoms with Crippen LogP contribution in [0, 0.1) is 17.2 Å². The first kappa shape index (κ1) is 18.5. The minimum absolute atomic E-state index is 0.229. The van der Waals surface area contributed by atoms with Crippen LogP contribution in [0.15, 0.2) is 30.6 Å². The molecule has 150 valence electrons. The number of hydrogen-bond acceptors (Lipinski definition) is 5. The van der Waals surface area contributed by atoms with Gasteiger partial charge in [-0.15, -0.1) is 16.4 Å². The van der Waals surface area contributed by atoms with Crippen molar-refractivity contribution < 1.29 is 9.13 Å². The summed E-state index contributed by atoms with van der Waals surface area (Å²) in [6.45, 7) is 7.22. The van der Waals surface area contributed by atoms with Gasteiger partial charge in [0.1, 0.15) is 29.3 Å². The summed E-state index contributed by atoms with van der Waals surface area (Å²) in [5.74, 6) is 1.59. The van der Waals surface area contributed by atoms with E-state index in [2.05, 4.69) is 30.9 Å². The van der Waals surface area contributed by atoms with Gasteiger partial charge < -0.3 is 4.74 Å². The lowest BCUT2D eigenvalue weighted by Crippen LogP contribution is -2.26. The monoisotopic (exact) mass is 410 g/mol. The van der Waals surface area contributed by atoms with Gasteiger partial charge in [0.05, 0.1) is 5.39 Å². The van der Waals surface area contributed by atoms with Crippen LogP contribution in [0.1, 0.15) is 43.5 Å². The minimum atomic E-state index is -0.285. The van der Waals surface area contributed by atoms with E-state index < -0.39 is 0 Å². The lowest BCUT2D eigenvalue weighted by Gasteiger charge is -2.33. The third-order valence-electron chi connectivity index (χ3n) is 5.84. The predicted octanol–water partition coefficient (Wildman–Crippen LogP) is 5.21. The first-order valence-electron chi connectivity index (χ1n) is 9.91. The molecule has 0 fully saturated rings. The quantitative estimate of drug-likeness (QED) is 0.465. The molecule has 1 aromatic carbocycles. The highest BCUT2D eigenvalue weighted by molar-refractivity contribution is 7.19. The van der Waals surface area contributed by atoms with E-state index in [1.807, 2.05) is 0 Å². The van der Waals surface area contributed by atoms with E-state index in [0.29, 0.717) is 22.9 Å². The number of thiophene rings is 1. The highest BCUT2D eigenvalue weighted by atomic mass is 32.1. The fourth-order valence-electron chi connectivity index (χ4n) is 4.10. The number of aryl methyl sites for hydroxylation is 1. The maximum absolute atomic E-state index is 13.0. The lowest BCUT2D eigenvalue weighted by molar-refractivity contribution is 0.218. The zero-order valence-corrected chi connectivity index (χ0v) is 17.6. The second-order valence-electron chi connectivity index (χ2n) is 8.77. The van der Waals surface area contributed by atoms with Gasteiger partial charge in [0.15, 0.2) is 11.5 Å². The normalized spacial score (nSPS) is 17.0. The lowest BCUT2D eigenvalue weighted by atomic mass is 9.72. The molecule has 0 saturated carbocycles. The van der Waals surface area contributed by atoms with Gasteiger partial charge in [-0.25, -0.2) is 18.9 Å². The zero-order chi connectivity index (χ0) is 20.2. The molecule has 5 rings (SSSR count). The van der Waals surface area contributed by atoms with E-state index in [1.165, 1.54) is 29.0 Å². The fraction of sp³-hybridized carbons (Fsp3) is 0.409. The van der Waals surface area contributed by atoms with Gasteiger partial charge in [-0.3, -0.25) is 0 Å². The van der Waals surface area contributed by atoms with Crippen molar-refractivity contribution in [2.45, 2.75) is 46.6 Å². The van der Waals surface area contributed by atoms with Crippen molar-refractivity contribution in [1.82, 2.24) is 19.6 Å². The Morgan fingerprint density at radius 2 is 2.03 bits per heavy atom. The average Bonchev–Trinajstić information content (AvgIpc) is 3.26. The Morgan fingerprint density at radius 3 is 2.79 bits per heavy atom. The van der Waals surface area contributed by atoms with Gasteiger partial charge in [0, 0.05) is 4.88 Å². The summed E-state index contributed by atoms with van der Waals surface area (Å²) in [6, 6.07) is 5.96. The molecule has 0 aliphatic heterocycles. The highest BCUT2D eigenvalue weighted by Gasteiger charge is 2.31. The summed E-state index contributed by atoms with van der Waals surface area (Å²) in [5, 5.41) is 5.67. The summed E-state index contributed by atoms with van der Waals surface area (Å²) in [5.41, 5.74) is 2.55. The van der Waals surface area contributed by atoms with Crippen LogP contribution in [-0.2, 0) is 19.4 Å². The Balaban J connectivity index is 1.47. The maximum Gasteiger partial charge on any atom is 0.189 e. The molecule has 1 aliphatic carbocycles. The van der Waals surface area contributed by atoms with E-state index in [-0.39, 0.29) is 12.4 Å². The van der Waals surface area contributed by atoms with E-state index in [0.717, 1.165) is 28.7 Å². The Bertz CT molecular complexity index is 1190. The second kappa shape index (κ2) is 6.76. The molecule has 1 aliphatic rings. The molecular weight excluding hydrogens is 387 g/mol. The van der Waals surface area contributed by atoms with Crippen LogP contribution in [-0.4, -0.2) is 19.6 Å². The SMILES string of the molecule is CC(C)(C)C1CCc2c(sc3ncn4nc(COc5ccc(F)cc5)nc4c23)C1. The third-order valence-corrected chi connectivity index (χ3v) is 7.00. The van der Waals surface area contributed by atoms with Crippen molar-refractivity contribution in [3.8, 4) is 5.75 Å². The molecule has 7 heteroatoms. The van der Waals surface area contributed by atoms with Crippen molar-refractivity contribution in [2.24, 2.45) is 11.3 Å². The molecule has 0 spiro atoms. The zero-order valence-electron chi connectivity index (χ0n) is 16.8. The predicted molar refractivity (Wildman–Crippen MR) is 112 cm³/mol. The largest absolute Gasteiger partial charge is 0.486 e. The maximum atomic E-state index is 13.0. The van der Waals surface area contributed by atoms with Gasteiger partial charge >= 0.3 is 0 Å². The molecular formula is C22H23FN4OS. The molecule has 0 N–H and O–H groups in total. The van der Waals surface area contributed by atoms with Crippen molar-refractivity contribution in [3.63, 3.8) is 0 Å². The van der Waals surface area contributed by atoms with Crippen molar-refractivity contribution >= 4 is 27.2 Å². The summed E-state index contributed by atoms with van der Waals surface area (Å²) in [4.78, 5) is 11.9. The van der Waals surface area contributed by atoms with Crippen molar-refractivity contribution in [2.75, 3.05) is 0 Å². The Kier molecular flexibility index (Phi) is 4.31. The van der Waals surface area contributed by atoms with Crippen LogP contribution in [0.5, 0.6) is 5.75 Å². The molecule has 29 heavy (non-hydrogen) atoms. The van der Waals surface area contributed by atoms with E-state index >= 15 is 0 Å². The number of fused-ring (bicyclic) bond motifs is 5. The summed E-state index contributed by atoms with van der Waals surface area (Å²) in [7, 11) is 0. The molecule has 1 atom stereocenters. The molecule has 5 nitrogen and oxygen atoms in total. The average molecular weight is 411 g/mol. The van der Waals surface area contributed by atoms with Crippen LogP contribution in [0.25, 0.3) is 15.9 Å². The smallest absolute Gasteiger partial charge is 0.189 e. The Morgan fingerprint density at radius 1 is 1.24 bits per heavy atom. The first-order chi connectivity index (χ1) is 13.9. The van der Waals surface area contributed by atoms with E-state index in [9.17, 15) is 4.39 Å². The van der Waals surface area contributed by atoms with Crippen LogP contribution in [0.2, 0.25) is 0 Å². The summed E-state index contributed by atoms with van der Waals surface area (Å²) in [6.07, 6.45) is 5.10. The van der Waals surface area contributed by atoms with E-state index in [1.54, 1.807) is 34.3 Å². The van der Waals surface area contributed by atoms with Gasteiger partial charge in [-0.2, -0.15) is 0 Å². The van der Waals surface area contributed by atoms with Crippen LogP contribution in [0.3, 0.4) is 0 Å². The summed E-state index contributed by atoms with van der Waals surface area (Å²) < 4.78 is 20.5. The molecule has 0 saturated heterocycles. The van der Waals surface area contributed by atoms with E-state index in [4.69, 9.17) is 9.72 Å². The first-order valence-corrected chi connectivity index (χ1v) is 10.7.